The van der Waals surface area contributed by atoms with Crippen molar-refractivity contribution in [3.8, 4) is 11.1 Å². The number of benzene rings is 3. The van der Waals surface area contributed by atoms with Crippen LogP contribution in [-0.2, 0) is 12.6 Å². The summed E-state index contributed by atoms with van der Waals surface area (Å²) in [6, 6.07) is 20.3. The van der Waals surface area contributed by atoms with Crippen LogP contribution in [0.1, 0.15) is 23.1 Å². The van der Waals surface area contributed by atoms with Gasteiger partial charge in [0.2, 0.25) is 0 Å². The molecule has 0 spiro atoms. The predicted octanol–water partition coefficient (Wildman–Crippen LogP) is 6.84. The third kappa shape index (κ3) is 5.42. The van der Waals surface area contributed by atoms with Gasteiger partial charge in [-0.25, -0.2) is 4.39 Å². The van der Waals surface area contributed by atoms with Crippen molar-refractivity contribution in [2.45, 2.75) is 19.0 Å². The van der Waals surface area contributed by atoms with Crippen molar-refractivity contribution in [2.24, 2.45) is 0 Å². The summed E-state index contributed by atoms with van der Waals surface area (Å²) in [6.07, 6.45) is -0.638. The van der Waals surface area contributed by atoms with Crippen LogP contribution in [0.4, 0.5) is 17.6 Å². The van der Waals surface area contributed by atoms with Gasteiger partial charge in [0, 0.05) is 19.6 Å². The zero-order chi connectivity index (χ0) is 21.8. The second kappa shape index (κ2) is 9.06. The Labute approximate surface area is 179 Å². The normalized spacial score (nSPS) is 15.0. The smallest absolute Gasteiger partial charge is 0.299 e. The van der Waals surface area contributed by atoms with Crippen molar-refractivity contribution in [1.29, 1.82) is 0 Å². The minimum Gasteiger partial charge on any atom is -0.299 e. The van der Waals surface area contributed by atoms with Gasteiger partial charge in [0.1, 0.15) is 5.82 Å². The molecule has 3 aromatic rings. The van der Waals surface area contributed by atoms with E-state index in [2.05, 4.69) is 17.0 Å². The van der Waals surface area contributed by atoms with Crippen molar-refractivity contribution in [3.05, 3.63) is 101 Å². The summed E-state index contributed by atoms with van der Waals surface area (Å²) in [4.78, 5) is 2.31. The van der Waals surface area contributed by atoms with Gasteiger partial charge in [0.15, 0.2) is 0 Å². The lowest BCUT2D eigenvalue weighted by atomic mass is 9.97. The van der Waals surface area contributed by atoms with E-state index in [-0.39, 0.29) is 5.82 Å². The summed E-state index contributed by atoms with van der Waals surface area (Å²) < 4.78 is 51.9. The van der Waals surface area contributed by atoms with Crippen LogP contribution in [0.3, 0.4) is 0 Å². The largest absolute Gasteiger partial charge is 0.416 e. The second-order valence-electron chi connectivity index (χ2n) is 7.81. The van der Waals surface area contributed by atoms with Crippen molar-refractivity contribution in [3.63, 3.8) is 0 Å². The average molecular weight is 425 g/mol. The zero-order valence-corrected chi connectivity index (χ0v) is 17.0. The maximum Gasteiger partial charge on any atom is 0.416 e. The number of alkyl halides is 3. The van der Waals surface area contributed by atoms with Crippen LogP contribution in [0.5, 0.6) is 0 Å². The maximum atomic E-state index is 13.1. The fraction of sp³-hybridized carbons (Fsp3) is 0.231. The maximum absolute atomic E-state index is 13.1. The minimum atomic E-state index is -4.32. The molecule has 1 heterocycles. The molecule has 5 heteroatoms. The minimum absolute atomic E-state index is 0.243. The lowest BCUT2D eigenvalue weighted by Crippen LogP contribution is -2.30. The number of rotatable bonds is 5. The third-order valence-corrected chi connectivity index (χ3v) is 5.70. The standard InChI is InChI=1S/C26H23F4N/c27-25-10-8-21(9-11-25)20-6-4-19(5-7-20)12-15-31-16-13-22(14-17-31)23-2-1-3-24(18-23)26(28,29)30/h1-11,13,18H,12,14-17H2. The molecule has 0 amide bonds. The van der Waals surface area contributed by atoms with E-state index in [0.717, 1.165) is 55.2 Å². The Morgan fingerprint density at radius 1 is 0.806 bits per heavy atom. The number of nitrogens with zero attached hydrogens (tertiary/aromatic N) is 1. The van der Waals surface area contributed by atoms with Crippen molar-refractivity contribution in [1.82, 2.24) is 4.90 Å². The highest BCUT2D eigenvalue weighted by Crippen LogP contribution is 2.32. The fourth-order valence-corrected chi connectivity index (χ4v) is 3.87. The molecule has 0 aromatic heterocycles. The first-order valence-corrected chi connectivity index (χ1v) is 10.3. The molecule has 0 fully saturated rings. The van der Waals surface area contributed by atoms with Gasteiger partial charge in [-0.15, -0.1) is 0 Å². The molecule has 1 aliphatic rings. The summed E-state index contributed by atoms with van der Waals surface area (Å²) in [5.74, 6) is -0.243. The molecular formula is C26H23F4N. The van der Waals surface area contributed by atoms with Crippen LogP contribution in [0.25, 0.3) is 16.7 Å². The van der Waals surface area contributed by atoms with Gasteiger partial charge in [-0.05, 0) is 64.9 Å². The Bertz CT molecular complexity index is 1050. The summed E-state index contributed by atoms with van der Waals surface area (Å²) in [5, 5.41) is 0. The molecule has 0 bridgehead atoms. The monoisotopic (exact) mass is 425 g/mol. The molecule has 0 atom stereocenters. The predicted molar refractivity (Wildman–Crippen MR) is 116 cm³/mol. The van der Waals surface area contributed by atoms with Crippen LogP contribution in [0, 0.1) is 5.82 Å². The molecule has 0 unspecified atom stereocenters. The number of hydrogen-bond acceptors (Lipinski definition) is 1. The number of halogens is 4. The van der Waals surface area contributed by atoms with Gasteiger partial charge in [-0.2, -0.15) is 13.2 Å². The van der Waals surface area contributed by atoms with E-state index in [9.17, 15) is 17.6 Å². The van der Waals surface area contributed by atoms with E-state index in [4.69, 9.17) is 0 Å². The summed E-state index contributed by atoms with van der Waals surface area (Å²) in [7, 11) is 0. The Morgan fingerprint density at radius 2 is 1.48 bits per heavy atom. The van der Waals surface area contributed by atoms with Crippen molar-refractivity contribution in [2.75, 3.05) is 19.6 Å². The zero-order valence-electron chi connectivity index (χ0n) is 17.0. The first kappa shape index (κ1) is 21.3. The van der Waals surface area contributed by atoms with Gasteiger partial charge < -0.3 is 0 Å². The second-order valence-corrected chi connectivity index (χ2v) is 7.81. The summed E-state index contributed by atoms with van der Waals surface area (Å²) in [6.45, 7) is 2.46. The highest BCUT2D eigenvalue weighted by atomic mass is 19.4. The van der Waals surface area contributed by atoms with Gasteiger partial charge in [0.05, 0.1) is 5.56 Å². The van der Waals surface area contributed by atoms with E-state index in [1.54, 1.807) is 18.2 Å². The van der Waals surface area contributed by atoms with E-state index in [0.29, 0.717) is 5.56 Å². The molecular weight excluding hydrogens is 402 g/mol. The van der Waals surface area contributed by atoms with Crippen LogP contribution in [0.2, 0.25) is 0 Å². The molecule has 0 aliphatic carbocycles. The lowest BCUT2D eigenvalue weighted by molar-refractivity contribution is -0.137. The van der Waals surface area contributed by atoms with E-state index < -0.39 is 11.7 Å². The van der Waals surface area contributed by atoms with E-state index in [1.807, 2.05) is 18.2 Å². The summed E-state index contributed by atoms with van der Waals surface area (Å²) >= 11 is 0. The summed E-state index contributed by atoms with van der Waals surface area (Å²) in [5.41, 5.74) is 4.29. The molecule has 0 saturated carbocycles. The van der Waals surface area contributed by atoms with Gasteiger partial charge in [-0.1, -0.05) is 54.6 Å². The highest BCUT2D eigenvalue weighted by Gasteiger charge is 2.30. The molecule has 0 N–H and O–H groups in total. The molecule has 160 valence electrons. The van der Waals surface area contributed by atoms with Crippen molar-refractivity contribution < 1.29 is 17.6 Å². The molecule has 0 radical (unpaired) electrons. The van der Waals surface area contributed by atoms with Crippen LogP contribution in [-0.4, -0.2) is 24.5 Å². The molecule has 31 heavy (non-hydrogen) atoms. The van der Waals surface area contributed by atoms with Gasteiger partial charge >= 0.3 is 6.18 Å². The Balaban J connectivity index is 1.33. The highest BCUT2D eigenvalue weighted by molar-refractivity contribution is 5.67. The van der Waals surface area contributed by atoms with E-state index >= 15 is 0 Å². The van der Waals surface area contributed by atoms with Gasteiger partial charge in [0.25, 0.3) is 0 Å². The molecule has 3 aromatic carbocycles. The van der Waals surface area contributed by atoms with Crippen LogP contribution >= 0.6 is 0 Å². The molecule has 0 saturated heterocycles. The Kier molecular flexibility index (Phi) is 6.23. The van der Waals surface area contributed by atoms with Crippen LogP contribution in [0.15, 0.2) is 78.9 Å². The van der Waals surface area contributed by atoms with E-state index in [1.165, 1.54) is 29.8 Å². The molecule has 1 nitrogen and oxygen atoms in total. The molecule has 4 rings (SSSR count). The fourth-order valence-electron chi connectivity index (χ4n) is 3.87. The first-order chi connectivity index (χ1) is 14.9. The Morgan fingerprint density at radius 3 is 2.10 bits per heavy atom. The van der Waals surface area contributed by atoms with Crippen LogP contribution < -0.4 is 0 Å². The average Bonchev–Trinajstić information content (AvgIpc) is 2.78. The van der Waals surface area contributed by atoms with Crippen molar-refractivity contribution >= 4 is 5.57 Å². The SMILES string of the molecule is Fc1ccc(-c2ccc(CCN3CC=C(c4cccc(C(F)(F)F)c4)CC3)cc2)cc1. The Hall–Kier alpha value is -2.92. The topological polar surface area (TPSA) is 3.24 Å². The molecule has 1 aliphatic heterocycles. The lowest BCUT2D eigenvalue weighted by Gasteiger charge is -2.26. The van der Waals surface area contributed by atoms with Gasteiger partial charge in [-0.3, -0.25) is 4.90 Å². The quantitative estimate of drug-likeness (QED) is 0.405. The third-order valence-electron chi connectivity index (χ3n) is 5.70. The first-order valence-electron chi connectivity index (χ1n) is 10.3. The number of hydrogen-bond donors (Lipinski definition) is 0.